The summed E-state index contributed by atoms with van der Waals surface area (Å²) in [6.07, 6.45) is 8.11. The van der Waals surface area contributed by atoms with Gasteiger partial charge in [0.2, 0.25) is 0 Å². The highest BCUT2D eigenvalue weighted by Gasteiger charge is 2.30. The molecule has 0 nitrogen and oxygen atoms in total. The molecule has 0 saturated carbocycles. The van der Waals surface area contributed by atoms with Gasteiger partial charge in [0.05, 0.1) is 0 Å². The average molecular weight is 419 g/mol. The Labute approximate surface area is 188 Å². The molecular formula is C29H42Si. The van der Waals surface area contributed by atoms with Crippen molar-refractivity contribution in [1.29, 1.82) is 0 Å². The third-order valence-electron chi connectivity index (χ3n) is 6.90. The number of unbranched alkanes of at least 4 members (excludes halogenated alkanes) is 2. The van der Waals surface area contributed by atoms with Gasteiger partial charge in [0, 0.05) is 9.52 Å². The number of rotatable bonds is 8. The largest absolute Gasteiger partial charge is 0.0654 e. The molecule has 0 fully saturated rings. The van der Waals surface area contributed by atoms with Gasteiger partial charge in [-0.1, -0.05) is 134 Å². The third kappa shape index (κ3) is 5.17. The molecule has 0 heterocycles. The molecule has 0 aromatic heterocycles. The predicted molar refractivity (Wildman–Crippen MR) is 138 cm³/mol. The number of hydrogen-bond acceptors (Lipinski definition) is 0. The van der Waals surface area contributed by atoms with E-state index in [1.165, 1.54) is 47.9 Å². The summed E-state index contributed by atoms with van der Waals surface area (Å²) in [6, 6.07) is 16.3. The minimum Gasteiger partial charge on any atom is -0.0654 e. The molecule has 2 unspecified atom stereocenters. The first kappa shape index (κ1) is 23.1. The average Bonchev–Trinajstić information content (AvgIpc) is 3.06. The normalized spacial score (nSPS) is 17.6. The molecule has 30 heavy (non-hydrogen) atoms. The topological polar surface area (TPSA) is 0 Å². The van der Waals surface area contributed by atoms with Gasteiger partial charge >= 0.3 is 0 Å². The lowest BCUT2D eigenvalue weighted by molar-refractivity contribution is 0.590. The maximum Gasteiger partial charge on any atom is 0.0367 e. The fourth-order valence-corrected chi connectivity index (χ4v) is 7.79. The quantitative estimate of drug-likeness (QED) is 0.299. The lowest BCUT2D eigenvalue weighted by atomic mass is 9.86. The first-order valence-corrected chi connectivity index (χ1v) is 13.8. The Morgan fingerprint density at radius 2 is 1.63 bits per heavy atom. The molecule has 2 atom stereocenters. The molecule has 0 amide bonds. The molecule has 0 saturated heterocycles. The van der Waals surface area contributed by atoms with Crippen molar-refractivity contribution in [3.05, 3.63) is 64.7 Å². The first-order valence-electron chi connectivity index (χ1n) is 12.2. The Morgan fingerprint density at radius 1 is 0.933 bits per heavy atom. The van der Waals surface area contributed by atoms with E-state index in [1.807, 2.05) is 0 Å². The van der Waals surface area contributed by atoms with Crippen LogP contribution in [0.2, 0.25) is 5.54 Å². The van der Waals surface area contributed by atoms with Crippen molar-refractivity contribution < 1.29 is 0 Å². The van der Waals surface area contributed by atoms with E-state index in [1.54, 1.807) is 11.1 Å². The molecule has 2 aromatic rings. The van der Waals surface area contributed by atoms with E-state index >= 15 is 0 Å². The van der Waals surface area contributed by atoms with E-state index in [2.05, 4.69) is 97.0 Å². The van der Waals surface area contributed by atoms with Crippen LogP contribution in [0, 0.1) is 5.92 Å². The molecule has 162 valence electrons. The molecule has 0 spiro atoms. The molecule has 1 aliphatic rings. The molecule has 3 rings (SSSR count). The summed E-state index contributed by atoms with van der Waals surface area (Å²) in [5.74, 6) is 0.633. The molecule has 1 aliphatic carbocycles. The second kappa shape index (κ2) is 9.69. The summed E-state index contributed by atoms with van der Waals surface area (Å²) in [4.78, 5) is 0. The number of hydrogen-bond donors (Lipinski definition) is 0. The van der Waals surface area contributed by atoms with Gasteiger partial charge in [-0.05, 0) is 44.7 Å². The fraction of sp³-hybridized carbons (Fsp3) is 0.517. The van der Waals surface area contributed by atoms with Crippen LogP contribution in [0.25, 0.3) is 17.2 Å². The SMILES string of the molecule is CCCCCC(C)[SiH2]C1C(C(C)C)=Cc2c(-c3ccc(C(C)(C)C)cc3)cccc21. The molecule has 2 aromatic carbocycles. The van der Waals surface area contributed by atoms with E-state index in [0.717, 1.165) is 11.1 Å². The van der Waals surface area contributed by atoms with Crippen molar-refractivity contribution in [2.24, 2.45) is 5.92 Å². The van der Waals surface area contributed by atoms with Crippen LogP contribution in [0.15, 0.2) is 48.0 Å². The predicted octanol–water partition coefficient (Wildman–Crippen LogP) is 8.30. The highest BCUT2D eigenvalue weighted by atomic mass is 28.2. The Kier molecular flexibility index (Phi) is 7.45. The van der Waals surface area contributed by atoms with Gasteiger partial charge in [-0.15, -0.1) is 0 Å². The van der Waals surface area contributed by atoms with Gasteiger partial charge in [-0.3, -0.25) is 0 Å². The zero-order chi connectivity index (χ0) is 21.9. The Bertz CT molecular complexity index is 864. The second-order valence-electron chi connectivity index (χ2n) is 10.8. The summed E-state index contributed by atoms with van der Waals surface area (Å²) in [6.45, 7) is 16.5. The van der Waals surface area contributed by atoms with Gasteiger partial charge < -0.3 is 0 Å². The summed E-state index contributed by atoms with van der Waals surface area (Å²) < 4.78 is 0. The van der Waals surface area contributed by atoms with Crippen molar-refractivity contribution in [3.63, 3.8) is 0 Å². The van der Waals surface area contributed by atoms with Gasteiger partial charge in [-0.2, -0.15) is 0 Å². The van der Waals surface area contributed by atoms with E-state index in [4.69, 9.17) is 0 Å². The van der Waals surface area contributed by atoms with Crippen molar-refractivity contribution in [2.75, 3.05) is 0 Å². The Morgan fingerprint density at radius 3 is 2.23 bits per heavy atom. The van der Waals surface area contributed by atoms with Crippen LogP contribution < -0.4 is 0 Å². The molecule has 1 heteroatoms. The maximum absolute atomic E-state index is 2.56. The monoisotopic (exact) mass is 418 g/mol. The van der Waals surface area contributed by atoms with Crippen LogP contribution in [-0.4, -0.2) is 9.52 Å². The van der Waals surface area contributed by atoms with Gasteiger partial charge in [0.1, 0.15) is 0 Å². The molecule has 0 aliphatic heterocycles. The summed E-state index contributed by atoms with van der Waals surface area (Å²) in [5, 5.41) is 0. The molecule has 0 bridgehead atoms. The minimum absolute atomic E-state index is 0.201. The highest BCUT2D eigenvalue weighted by molar-refractivity contribution is 6.41. The standard InChI is InChI=1S/C29H42Si/c1-8-9-10-12-21(4)30-28-25-14-11-13-24(27(25)19-26(28)20(2)3)22-15-17-23(18-16-22)29(5,6)7/h11,13-21,28H,8-10,12,30H2,1-7H3. The molecular weight excluding hydrogens is 376 g/mol. The summed E-state index contributed by atoms with van der Waals surface area (Å²) in [5.41, 5.74) is 10.8. The summed E-state index contributed by atoms with van der Waals surface area (Å²) >= 11 is 0. The lowest BCUT2D eigenvalue weighted by Crippen LogP contribution is -2.15. The van der Waals surface area contributed by atoms with Crippen molar-refractivity contribution >= 4 is 15.6 Å². The van der Waals surface area contributed by atoms with E-state index in [0.29, 0.717) is 5.92 Å². The number of fused-ring (bicyclic) bond motifs is 1. The Balaban J connectivity index is 1.92. The van der Waals surface area contributed by atoms with Crippen molar-refractivity contribution in [2.45, 2.75) is 90.6 Å². The van der Waals surface area contributed by atoms with Crippen molar-refractivity contribution in [3.8, 4) is 11.1 Å². The first-order chi connectivity index (χ1) is 14.2. The van der Waals surface area contributed by atoms with Gasteiger partial charge in [0.25, 0.3) is 0 Å². The number of allylic oxidation sites excluding steroid dienone is 1. The second-order valence-corrected chi connectivity index (χ2v) is 13.5. The smallest absolute Gasteiger partial charge is 0.0367 e. The molecule has 0 radical (unpaired) electrons. The van der Waals surface area contributed by atoms with Crippen LogP contribution in [-0.2, 0) is 5.41 Å². The number of benzene rings is 2. The van der Waals surface area contributed by atoms with Crippen LogP contribution in [0.5, 0.6) is 0 Å². The zero-order valence-corrected chi connectivity index (χ0v) is 21.8. The minimum atomic E-state index is -0.204. The van der Waals surface area contributed by atoms with Crippen LogP contribution in [0.3, 0.4) is 0 Å². The fourth-order valence-electron chi connectivity index (χ4n) is 4.99. The van der Waals surface area contributed by atoms with Crippen molar-refractivity contribution in [1.82, 2.24) is 0 Å². The van der Waals surface area contributed by atoms with Gasteiger partial charge in [0.15, 0.2) is 0 Å². The Hall–Kier alpha value is -1.60. The van der Waals surface area contributed by atoms with Crippen LogP contribution in [0.1, 0.15) is 96.4 Å². The molecule has 0 N–H and O–H groups in total. The summed E-state index contributed by atoms with van der Waals surface area (Å²) in [7, 11) is -0.204. The highest BCUT2D eigenvalue weighted by Crippen LogP contribution is 2.45. The lowest BCUT2D eigenvalue weighted by Gasteiger charge is -2.23. The maximum atomic E-state index is 2.56. The van der Waals surface area contributed by atoms with E-state index < -0.39 is 0 Å². The van der Waals surface area contributed by atoms with Crippen LogP contribution >= 0.6 is 0 Å². The van der Waals surface area contributed by atoms with Crippen LogP contribution in [0.4, 0.5) is 0 Å². The van der Waals surface area contributed by atoms with Gasteiger partial charge in [-0.25, -0.2) is 0 Å². The third-order valence-corrected chi connectivity index (χ3v) is 9.49. The van der Waals surface area contributed by atoms with E-state index in [-0.39, 0.29) is 14.9 Å². The zero-order valence-electron chi connectivity index (χ0n) is 20.4. The van der Waals surface area contributed by atoms with E-state index in [9.17, 15) is 0 Å².